The second-order valence-electron chi connectivity index (χ2n) is 12.0. The van der Waals surface area contributed by atoms with E-state index in [0.717, 1.165) is 41.2 Å². The summed E-state index contributed by atoms with van der Waals surface area (Å²) in [6, 6.07) is 33.7. The van der Waals surface area contributed by atoms with Crippen molar-refractivity contribution in [2.75, 3.05) is 43.4 Å². The van der Waals surface area contributed by atoms with Crippen LogP contribution in [0.1, 0.15) is 42.5 Å². The van der Waals surface area contributed by atoms with Crippen LogP contribution in [0.15, 0.2) is 109 Å². The number of nitrogens with zero attached hydrogens (tertiary/aromatic N) is 4. The number of fused-ring (bicyclic) bond motifs is 2. The summed E-state index contributed by atoms with van der Waals surface area (Å²) in [6.07, 6.45) is 0. The molecule has 0 saturated carbocycles. The van der Waals surface area contributed by atoms with Crippen molar-refractivity contribution in [2.45, 2.75) is 13.1 Å². The van der Waals surface area contributed by atoms with Gasteiger partial charge in [0, 0.05) is 48.8 Å². The first-order valence-corrected chi connectivity index (χ1v) is 16.1. The van der Waals surface area contributed by atoms with Crippen LogP contribution in [0.4, 0.5) is 11.4 Å². The molecule has 8 nitrogen and oxygen atoms in total. The Balaban J connectivity index is 1.14. The largest absolute Gasteiger partial charge is 0.335 e. The molecule has 2 aliphatic heterocycles. The van der Waals surface area contributed by atoms with Gasteiger partial charge in [-0.3, -0.25) is 14.4 Å². The molecule has 7 rings (SSSR count). The zero-order valence-electron chi connectivity index (χ0n) is 26.0. The van der Waals surface area contributed by atoms with Gasteiger partial charge >= 0.3 is 0 Å². The van der Waals surface area contributed by atoms with Crippen molar-refractivity contribution in [2.24, 2.45) is 0 Å². The molecule has 9 heteroatoms. The molecule has 3 heterocycles. The van der Waals surface area contributed by atoms with Crippen LogP contribution >= 0.6 is 11.6 Å². The summed E-state index contributed by atoms with van der Waals surface area (Å²) in [5, 5.41) is 3.17. The Labute approximate surface area is 278 Å². The first kappa shape index (κ1) is 30.5. The quantitative estimate of drug-likeness (QED) is 0.232. The summed E-state index contributed by atoms with van der Waals surface area (Å²) in [7, 11) is 2.07. The lowest BCUT2D eigenvalue weighted by atomic mass is 9.99. The molecule has 3 amide bonds. The topological polar surface area (TPSA) is 77.9 Å². The number of hydrogen-bond donors (Lipinski definition) is 1. The number of para-hydroxylation sites is 1. The average molecular weight is 644 g/mol. The number of carbonyl (C=O) groups is 3. The van der Waals surface area contributed by atoms with Gasteiger partial charge in [0.2, 0.25) is 0 Å². The molecule has 1 N–H and O–H groups in total. The van der Waals surface area contributed by atoms with Crippen molar-refractivity contribution >= 4 is 40.7 Å². The summed E-state index contributed by atoms with van der Waals surface area (Å²) in [5.74, 6) is -0.534. The number of piperazine rings is 1. The average Bonchev–Trinajstić information content (AvgIpc) is 3.41. The first-order chi connectivity index (χ1) is 22.9. The number of amides is 3. The van der Waals surface area contributed by atoms with E-state index in [0.29, 0.717) is 42.1 Å². The van der Waals surface area contributed by atoms with Crippen LogP contribution in [0.5, 0.6) is 0 Å². The summed E-state index contributed by atoms with van der Waals surface area (Å²) in [5.41, 5.74) is 6.28. The van der Waals surface area contributed by atoms with Crippen molar-refractivity contribution in [3.63, 3.8) is 0 Å². The molecule has 1 saturated heterocycles. The number of likely N-dealkylation sites (N-methyl/N-ethyl adjacent to an activating group) is 1. The molecule has 236 valence electrons. The summed E-state index contributed by atoms with van der Waals surface area (Å²) >= 11 is 6.75. The lowest BCUT2D eigenvalue weighted by molar-refractivity contribution is 0.0653. The normalized spacial score (nSPS) is 14.6. The van der Waals surface area contributed by atoms with Crippen LogP contribution in [0, 0.1) is 0 Å². The van der Waals surface area contributed by atoms with Gasteiger partial charge in [0.1, 0.15) is 5.69 Å². The molecule has 1 aromatic heterocycles. The third kappa shape index (κ3) is 6.05. The predicted octanol–water partition coefficient (Wildman–Crippen LogP) is 6.66. The Bertz CT molecular complexity index is 1980. The predicted molar refractivity (Wildman–Crippen MR) is 185 cm³/mol. The minimum atomic E-state index is -0.274. The smallest absolute Gasteiger partial charge is 0.270 e. The van der Waals surface area contributed by atoms with Gasteiger partial charge in [0.15, 0.2) is 0 Å². The SMILES string of the molecule is CN1CCN(C(=O)c2ccc3n2Cc2ccccc2N(C(=O)c2ccc(NC(=O)c4ccccc4-c4ccccc4)cc2Cl)C3)CC1. The van der Waals surface area contributed by atoms with Gasteiger partial charge in [-0.2, -0.15) is 0 Å². The number of hydrogen-bond acceptors (Lipinski definition) is 4. The maximum Gasteiger partial charge on any atom is 0.270 e. The molecule has 0 radical (unpaired) electrons. The minimum absolute atomic E-state index is 0.00804. The number of aromatic nitrogens is 1. The van der Waals surface area contributed by atoms with Crippen LogP contribution in [0.25, 0.3) is 11.1 Å². The molecule has 0 bridgehead atoms. The van der Waals surface area contributed by atoms with Gasteiger partial charge in [-0.1, -0.05) is 78.3 Å². The highest BCUT2D eigenvalue weighted by atomic mass is 35.5. The van der Waals surface area contributed by atoms with E-state index in [1.807, 2.05) is 94.4 Å². The lowest BCUT2D eigenvalue weighted by Crippen LogP contribution is -2.47. The fraction of sp³-hybridized carbons (Fsp3) is 0.184. The molecule has 0 atom stereocenters. The van der Waals surface area contributed by atoms with Crippen LogP contribution in [-0.4, -0.2) is 65.3 Å². The highest BCUT2D eigenvalue weighted by molar-refractivity contribution is 6.35. The minimum Gasteiger partial charge on any atom is -0.335 e. The fourth-order valence-corrected chi connectivity index (χ4v) is 6.62. The number of halogens is 1. The van der Waals surface area contributed by atoms with Gasteiger partial charge in [-0.25, -0.2) is 0 Å². The van der Waals surface area contributed by atoms with Gasteiger partial charge in [0.25, 0.3) is 17.7 Å². The molecule has 4 aromatic carbocycles. The highest BCUT2D eigenvalue weighted by Crippen LogP contribution is 2.33. The molecule has 2 aliphatic rings. The second kappa shape index (κ2) is 12.9. The van der Waals surface area contributed by atoms with Crippen molar-refractivity contribution in [1.82, 2.24) is 14.4 Å². The van der Waals surface area contributed by atoms with Gasteiger partial charge in [-0.05, 0) is 66.2 Å². The molecule has 47 heavy (non-hydrogen) atoms. The summed E-state index contributed by atoms with van der Waals surface area (Å²) < 4.78 is 2.03. The Morgan fingerprint density at radius 1 is 0.702 bits per heavy atom. The Hall–Kier alpha value is -5.18. The zero-order chi connectivity index (χ0) is 32.5. The van der Waals surface area contributed by atoms with E-state index >= 15 is 0 Å². The summed E-state index contributed by atoms with van der Waals surface area (Å²) in [6.45, 7) is 3.80. The number of nitrogens with one attached hydrogen (secondary N) is 1. The lowest BCUT2D eigenvalue weighted by Gasteiger charge is -2.32. The molecule has 0 unspecified atom stereocenters. The first-order valence-electron chi connectivity index (χ1n) is 15.7. The number of carbonyl (C=O) groups excluding carboxylic acids is 3. The molecular formula is C38H34ClN5O3. The molecule has 0 spiro atoms. The Kier molecular flexibility index (Phi) is 8.37. The van der Waals surface area contributed by atoms with E-state index in [1.165, 1.54) is 0 Å². The van der Waals surface area contributed by atoms with Crippen LogP contribution in [0.2, 0.25) is 5.02 Å². The van der Waals surface area contributed by atoms with Gasteiger partial charge in [-0.15, -0.1) is 0 Å². The van der Waals surface area contributed by atoms with E-state index in [-0.39, 0.29) is 29.3 Å². The standard InChI is InChI=1S/C38H34ClN5O3/c1-41-19-21-42(22-20-41)38(47)35-18-16-29-25-44(34-14-8-5-11-27(34)24-43(29)35)37(46)32-17-15-28(23-33(32)39)40-36(45)31-13-7-6-12-30(31)26-9-3-2-4-10-26/h2-18,23H,19-22,24-25H2,1H3,(H,40,45). The van der Waals surface area contributed by atoms with E-state index in [1.54, 1.807) is 29.2 Å². The number of anilines is 2. The fourth-order valence-electron chi connectivity index (χ4n) is 6.36. The maximum atomic E-state index is 14.2. The second-order valence-corrected chi connectivity index (χ2v) is 12.4. The third-order valence-electron chi connectivity index (χ3n) is 8.97. The molecule has 1 fully saturated rings. The third-order valence-corrected chi connectivity index (χ3v) is 9.28. The van der Waals surface area contributed by atoms with Crippen LogP contribution < -0.4 is 10.2 Å². The number of rotatable bonds is 5. The molecule has 0 aliphatic carbocycles. The number of benzene rings is 4. The van der Waals surface area contributed by atoms with E-state index in [4.69, 9.17) is 11.6 Å². The van der Waals surface area contributed by atoms with Crippen molar-refractivity contribution in [3.05, 3.63) is 142 Å². The Morgan fingerprint density at radius 3 is 2.21 bits per heavy atom. The van der Waals surface area contributed by atoms with Crippen molar-refractivity contribution < 1.29 is 14.4 Å². The van der Waals surface area contributed by atoms with Crippen molar-refractivity contribution in [1.29, 1.82) is 0 Å². The van der Waals surface area contributed by atoms with E-state index in [9.17, 15) is 14.4 Å². The maximum absolute atomic E-state index is 14.2. The van der Waals surface area contributed by atoms with Crippen molar-refractivity contribution in [3.8, 4) is 11.1 Å². The van der Waals surface area contributed by atoms with Crippen LogP contribution in [0.3, 0.4) is 0 Å². The van der Waals surface area contributed by atoms with Gasteiger partial charge in [0.05, 0.1) is 23.7 Å². The van der Waals surface area contributed by atoms with Crippen LogP contribution in [-0.2, 0) is 13.1 Å². The zero-order valence-corrected chi connectivity index (χ0v) is 26.8. The van der Waals surface area contributed by atoms with E-state index < -0.39 is 0 Å². The molecule has 5 aromatic rings. The molecular weight excluding hydrogens is 610 g/mol. The monoisotopic (exact) mass is 643 g/mol. The Morgan fingerprint density at radius 2 is 1.43 bits per heavy atom. The highest BCUT2D eigenvalue weighted by Gasteiger charge is 2.30. The van der Waals surface area contributed by atoms with E-state index in [2.05, 4.69) is 17.3 Å². The van der Waals surface area contributed by atoms with Gasteiger partial charge < -0.3 is 24.6 Å². The summed E-state index contributed by atoms with van der Waals surface area (Å²) in [4.78, 5) is 47.0.